The van der Waals surface area contributed by atoms with Crippen LogP contribution in [0.4, 0.5) is 5.69 Å². The Morgan fingerprint density at radius 2 is 2.18 bits per heavy atom. The minimum Gasteiger partial charge on any atom is -0.478 e. The average Bonchev–Trinajstić information content (AvgIpc) is 3.08. The van der Waals surface area contributed by atoms with Crippen LogP contribution in [0.3, 0.4) is 0 Å². The van der Waals surface area contributed by atoms with Crippen molar-refractivity contribution in [1.29, 1.82) is 0 Å². The van der Waals surface area contributed by atoms with E-state index in [0.717, 1.165) is 29.1 Å². The Labute approximate surface area is 127 Å². The molecule has 22 heavy (non-hydrogen) atoms. The van der Waals surface area contributed by atoms with Gasteiger partial charge in [-0.3, -0.25) is 4.99 Å². The van der Waals surface area contributed by atoms with Crippen molar-refractivity contribution >= 4 is 17.4 Å². The lowest BCUT2D eigenvalue weighted by molar-refractivity contribution is -0.132. The van der Waals surface area contributed by atoms with Crippen LogP contribution in [0.2, 0.25) is 0 Å². The van der Waals surface area contributed by atoms with Crippen molar-refractivity contribution in [3.05, 3.63) is 77.2 Å². The maximum absolute atomic E-state index is 11.8. The van der Waals surface area contributed by atoms with Crippen molar-refractivity contribution in [2.45, 2.75) is 5.41 Å². The normalized spacial score (nSPS) is 26.5. The Kier molecular flexibility index (Phi) is 1.95. The average molecular weight is 288 g/mol. The van der Waals surface area contributed by atoms with Crippen LogP contribution in [-0.2, 0) is 10.2 Å². The molecular weight excluding hydrogens is 276 g/mol. The Bertz CT molecular complexity index is 901. The third-order valence-corrected chi connectivity index (χ3v) is 4.76. The first kappa shape index (κ1) is 11.7. The second kappa shape index (κ2) is 3.65. The van der Waals surface area contributed by atoms with Crippen molar-refractivity contribution in [2.24, 2.45) is 4.99 Å². The Morgan fingerprint density at radius 1 is 1.32 bits per heavy atom. The molecule has 1 unspecified atom stereocenters. The molecule has 0 amide bonds. The van der Waals surface area contributed by atoms with Gasteiger partial charge >= 0.3 is 5.97 Å². The van der Waals surface area contributed by atoms with Crippen LogP contribution in [0.25, 0.3) is 0 Å². The number of carboxylic acid groups (broad SMARTS) is 1. The van der Waals surface area contributed by atoms with Crippen LogP contribution < -0.4 is 0 Å². The van der Waals surface area contributed by atoms with E-state index in [9.17, 15) is 9.90 Å². The number of aliphatic imine (C=N–C) groups is 1. The first-order chi connectivity index (χ1) is 10.7. The number of allylic oxidation sites excluding steroid dienone is 4. The number of rotatable bonds is 1. The fourth-order valence-corrected chi connectivity index (χ4v) is 3.92. The van der Waals surface area contributed by atoms with Crippen molar-refractivity contribution in [3.63, 3.8) is 0 Å². The highest BCUT2D eigenvalue weighted by Crippen LogP contribution is 2.55. The fourth-order valence-electron chi connectivity index (χ4n) is 3.92. The highest BCUT2D eigenvalue weighted by molar-refractivity contribution is 6.29. The van der Waals surface area contributed by atoms with Gasteiger partial charge in [-0.15, -0.1) is 0 Å². The molecule has 0 fully saturated rings. The van der Waals surface area contributed by atoms with Gasteiger partial charge in [0.15, 0.2) is 0 Å². The van der Waals surface area contributed by atoms with E-state index >= 15 is 0 Å². The van der Waals surface area contributed by atoms with Crippen molar-refractivity contribution < 1.29 is 9.90 Å². The molecule has 0 aromatic heterocycles. The molecular formula is C18H12N2O2. The van der Waals surface area contributed by atoms with Crippen LogP contribution in [0.15, 0.2) is 76.6 Å². The zero-order valence-electron chi connectivity index (χ0n) is 11.7. The zero-order valence-corrected chi connectivity index (χ0v) is 11.7. The molecule has 0 saturated heterocycles. The van der Waals surface area contributed by atoms with Crippen LogP contribution in [-0.4, -0.2) is 28.2 Å². The zero-order chi connectivity index (χ0) is 14.9. The van der Waals surface area contributed by atoms with E-state index in [0.29, 0.717) is 5.71 Å². The SMILES string of the molecule is O=C(O)C1=CC2=C3N(C=CC34C1=Nc1ccccc14)CC=C2. The van der Waals surface area contributed by atoms with Crippen LogP contribution >= 0.6 is 0 Å². The Balaban J connectivity index is 1.91. The molecule has 5 rings (SSSR count). The molecule has 106 valence electrons. The number of para-hydroxylation sites is 1. The minimum absolute atomic E-state index is 0.285. The molecule has 3 aliphatic heterocycles. The number of nitrogens with zero attached hydrogens (tertiary/aromatic N) is 2. The topological polar surface area (TPSA) is 52.9 Å². The van der Waals surface area contributed by atoms with Gasteiger partial charge in [0.05, 0.1) is 17.0 Å². The summed E-state index contributed by atoms with van der Waals surface area (Å²) in [4.78, 5) is 18.6. The molecule has 1 aromatic carbocycles. The molecule has 1 spiro atoms. The van der Waals surface area contributed by atoms with Crippen molar-refractivity contribution in [1.82, 2.24) is 4.90 Å². The van der Waals surface area contributed by atoms with E-state index in [1.807, 2.05) is 30.3 Å². The standard InChI is InChI=1S/C18H12N2O2/c21-17(22)12-10-11-4-3-8-20-9-7-18(16(11)20)13-5-1-2-6-14(13)19-15(12)18/h1-7,9-10H,8H2,(H,21,22). The number of hydrogen-bond donors (Lipinski definition) is 1. The largest absolute Gasteiger partial charge is 0.478 e. The second-order valence-corrected chi connectivity index (χ2v) is 5.82. The van der Waals surface area contributed by atoms with E-state index in [1.165, 1.54) is 0 Å². The van der Waals surface area contributed by atoms with Crippen molar-refractivity contribution in [3.8, 4) is 0 Å². The number of hydrogen-bond acceptors (Lipinski definition) is 3. The van der Waals surface area contributed by atoms with Gasteiger partial charge in [0.1, 0.15) is 5.41 Å². The smallest absolute Gasteiger partial charge is 0.337 e. The third-order valence-electron chi connectivity index (χ3n) is 4.76. The minimum atomic E-state index is -0.927. The van der Waals surface area contributed by atoms with E-state index in [2.05, 4.69) is 28.2 Å². The lowest BCUT2D eigenvalue weighted by Gasteiger charge is -2.37. The molecule has 0 radical (unpaired) electrons. The Hall–Kier alpha value is -2.88. The molecule has 1 aliphatic carbocycles. The van der Waals surface area contributed by atoms with Gasteiger partial charge < -0.3 is 10.0 Å². The van der Waals surface area contributed by atoms with Crippen LogP contribution in [0.1, 0.15) is 5.56 Å². The summed E-state index contributed by atoms with van der Waals surface area (Å²) in [5, 5.41) is 9.64. The van der Waals surface area contributed by atoms with Gasteiger partial charge in [0.2, 0.25) is 0 Å². The fraction of sp³-hybridized carbons (Fsp3) is 0.111. The van der Waals surface area contributed by atoms with E-state index in [-0.39, 0.29) is 5.57 Å². The van der Waals surface area contributed by atoms with Gasteiger partial charge in [-0.05, 0) is 29.4 Å². The monoisotopic (exact) mass is 288 g/mol. The number of carboxylic acids is 1. The molecule has 4 aliphatic rings. The third kappa shape index (κ3) is 1.15. The van der Waals surface area contributed by atoms with E-state index < -0.39 is 11.4 Å². The predicted molar refractivity (Wildman–Crippen MR) is 82.9 cm³/mol. The van der Waals surface area contributed by atoms with Gasteiger partial charge in [0.25, 0.3) is 0 Å². The van der Waals surface area contributed by atoms with Crippen LogP contribution in [0, 0.1) is 0 Å². The lowest BCUT2D eigenvalue weighted by Crippen LogP contribution is -2.41. The molecule has 3 heterocycles. The summed E-state index contributed by atoms with van der Waals surface area (Å²) in [7, 11) is 0. The maximum atomic E-state index is 11.8. The number of aliphatic carboxylic acids is 1. The molecule has 4 heteroatoms. The molecule has 1 N–H and O–H groups in total. The number of fused-ring (bicyclic) bond motifs is 1. The summed E-state index contributed by atoms with van der Waals surface area (Å²) in [6.45, 7) is 0.808. The van der Waals surface area contributed by atoms with Gasteiger partial charge in [0, 0.05) is 18.4 Å². The molecule has 1 atom stereocenters. The van der Waals surface area contributed by atoms with Gasteiger partial charge in [-0.2, -0.15) is 0 Å². The summed E-state index contributed by atoms with van der Waals surface area (Å²) in [6.07, 6.45) is 9.96. The molecule has 0 bridgehead atoms. The van der Waals surface area contributed by atoms with Gasteiger partial charge in [-0.1, -0.05) is 30.4 Å². The highest BCUT2D eigenvalue weighted by atomic mass is 16.4. The summed E-state index contributed by atoms with van der Waals surface area (Å²) in [5.41, 5.74) is 4.40. The quantitative estimate of drug-likeness (QED) is 0.864. The van der Waals surface area contributed by atoms with Gasteiger partial charge in [-0.25, -0.2) is 4.79 Å². The summed E-state index contributed by atoms with van der Waals surface area (Å²) in [6, 6.07) is 7.92. The Morgan fingerprint density at radius 3 is 3.05 bits per heavy atom. The lowest BCUT2D eigenvalue weighted by atomic mass is 9.69. The summed E-state index contributed by atoms with van der Waals surface area (Å²) in [5.74, 6) is -0.927. The second-order valence-electron chi connectivity index (χ2n) is 5.82. The van der Waals surface area contributed by atoms with E-state index in [1.54, 1.807) is 6.08 Å². The molecule has 1 aromatic rings. The maximum Gasteiger partial charge on any atom is 0.337 e. The first-order valence-corrected chi connectivity index (χ1v) is 7.23. The number of benzene rings is 1. The first-order valence-electron chi connectivity index (χ1n) is 7.23. The van der Waals surface area contributed by atoms with Crippen LogP contribution in [0.5, 0.6) is 0 Å². The summed E-state index contributed by atoms with van der Waals surface area (Å²) < 4.78 is 0. The summed E-state index contributed by atoms with van der Waals surface area (Å²) >= 11 is 0. The van der Waals surface area contributed by atoms with E-state index in [4.69, 9.17) is 0 Å². The number of carbonyl (C=O) groups is 1. The molecule has 4 nitrogen and oxygen atoms in total. The highest BCUT2D eigenvalue weighted by Gasteiger charge is 2.54. The molecule has 0 saturated carbocycles. The predicted octanol–water partition coefficient (Wildman–Crippen LogP) is 2.69. The van der Waals surface area contributed by atoms with Crippen molar-refractivity contribution in [2.75, 3.05) is 6.54 Å².